The Morgan fingerprint density at radius 3 is 1.29 bits per heavy atom. The summed E-state index contributed by atoms with van der Waals surface area (Å²) in [6, 6.07) is 0. The van der Waals surface area contributed by atoms with Gasteiger partial charge in [0, 0.05) is 24.6 Å². The van der Waals surface area contributed by atoms with E-state index in [0.717, 1.165) is 7.05 Å². The molecule has 3 N–H and O–H groups in total. The minimum atomic E-state index is -2.02. The molecule has 0 aliphatic rings. The molecule has 2 aromatic carbocycles. The predicted molar refractivity (Wildman–Crippen MR) is 69.3 cm³/mol. The summed E-state index contributed by atoms with van der Waals surface area (Å²) in [6.45, 7) is 0. The monoisotopic (exact) mass is 356 g/mol. The maximum atomic E-state index is 13.8. The number of rotatable bonds is 3. The largest absolute Gasteiger partial charge is 0.394 e. The topological polar surface area (TPSA) is 38.0 Å². The highest BCUT2D eigenvalue weighted by atomic mass is 19.2. The second-order valence-corrected chi connectivity index (χ2v) is 4.68. The Bertz CT molecular complexity index is 776. The minimum Gasteiger partial charge on any atom is -0.394 e. The SMILES string of the molecule is CNc1c(F)c(F)c(Cc2c(F)c(F)c(N)c(F)c2F)c(F)c1F. The lowest BCUT2D eigenvalue weighted by atomic mass is 10.0. The lowest BCUT2D eigenvalue weighted by Gasteiger charge is -2.13. The first-order chi connectivity index (χ1) is 11.1. The Morgan fingerprint density at radius 1 is 0.625 bits per heavy atom. The van der Waals surface area contributed by atoms with Crippen LogP contribution in [-0.2, 0) is 6.42 Å². The molecule has 0 spiro atoms. The molecule has 130 valence electrons. The van der Waals surface area contributed by atoms with E-state index in [-0.39, 0.29) is 0 Å². The van der Waals surface area contributed by atoms with Crippen LogP contribution in [0.15, 0.2) is 0 Å². The van der Waals surface area contributed by atoms with Gasteiger partial charge in [-0.1, -0.05) is 0 Å². The van der Waals surface area contributed by atoms with Crippen LogP contribution >= 0.6 is 0 Å². The van der Waals surface area contributed by atoms with E-state index in [9.17, 15) is 35.1 Å². The fraction of sp³-hybridized carbons (Fsp3) is 0.143. The molecule has 0 saturated carbocycles. The average Bonchev–Trinajstić information content (AvgIpc) is 2.56. The van der Waals surface area contributed by atoms with Gasteiger partial charge in [-0.05, 0) is 0 Å². The van der Waals surface area contributed by atoms with Crippen molar-refractivity contribution in [3.63, 3.8) is 0 Å². The third kappa shape index (κ3) is 2.51. The summed E-state index contributed by atoms with van der Waals surface area (Å²) in [5.74, 6) is -15.7. The van der Waals surface area contributed by atoms with Crippen molar-refractivity contribution in [2.75, 3.05) is 18.1 Å². The molecule has 0 amide bonds. The van der Waals surface area contributed by atoms with Gasteiger partial charge in [0.05, 0.1) is 0 Å². The standard InChI is InChI=1S/C14H8F8N2/c1-24-14-11(21)7(17)4(8(18)12(14)22)2-3-5(15)9(19)13(23)10(20)6(3)16/h24H,2,23H2,1H3. The quantitative estimate of drug-likeness (QED) is 0.495. The van der Waals surface area contributed by atoms with Crippen LogP contribution in [0.5, 0.6) is 0 Å². The molecular weight excluding hydrogens is 348 g/mol. The van der Waals surface area contributed by atoms with Crippen LogP contribution in [0.3, 0.4) is 0 Å². The van der Waals surface area contributed by atoms with Crippen LogP contribution in [0.4, 0.5) is 46.5 Å². The van der Waals surface area contributed by atoms with Crippen molar-refractivity contribution in [1.29, 1.82) is 0 Å². The second kappa shape index (κ2) is 6.17. The smallest absolute Gasteiger partial charge is 0.185 e. The van der Waals surface area contributed by atoms with Crippen LogP contribution in [0.1, 0.15) is 11.1 Å². The van der Waals surface area contributed by atoms with E-state index in [1.807, 2.05) is 5.32 Å². The van der Waals surface area contributed by atoms with Crippen molar-refractivity contribution in [1.82, 2.24) is 0 Å². The summed E-state index contributed by atoms with van der Waals surface area (Å²) in [5.41, 5.74) is -0.742. The number of nitrogens with one attached hydrogen (secondary N) is 1. The van der Waals surface area contributed by atoms with E-state index >= 15 is 0 Å². The summed E-state index contributed by atoms with van der Waals surface area (Å²) in [7, 11) is 0.976. The van der Waals surface area contributed by atoms with E-state index in [1.54, 1.807) is 0 Å². The fourth-order valence-electron chi connectivity index (χ4n) is 2.08. The number of nitrogen functional groups attached to an aromatic ring is 1. The van der Waals surface area contributed by atoms with Gasteiger partial charge in [0.15, 0.2) is 46.5 Å². The lowest BCUT2D eigenvalue weighted by Crippen LogP contribution is -2.13. The van der Waals surface area contributed by atoms with Gasteiger partial charge in [0.2, 0.25) is 0 Å². The number of hydrogen-bond donors (Lipinski definition) is 2. The highest BCUT2D eigenvalue weighted by molar-refractivity contribution is 5.51. The van der Waals surface area contributed by atoms with E-state index < -0.39 is 75.5 Å². The van der Waals surface area contributed by atoms with Gasteiger partial charge in [-0.3, -0.25) is 0 Å². The highest BCUT2D eigenvalue weighted by Gasteiger charge is 2.29. The van der Waals surface area contributed by atoms with Crippen molar-refractivity contribution in [3.8, 4) is 0 Å². The van der Waals surface area contributed by atoms with Gasteiger partial charge in [-0.25, -0.2) is 35.1 Å². The third-order valence-corrected chi connectivity index (χ3v) is 3.35. The molecule has 0 saturated heterocycles. The number of hydrogen-bond acceptors (Lipinski definition) is 2. The van der Waals surface area contributed by atoms with E-state index in [0.29, 0.717) is 0 Å². The molecule has 0 heterocycles. The first-order valence-electron chi connectivity index (χ1n) is 6.26. The van der Waals surface area contributed by atoms with Gasteiger partial charge in [-0.15, -0.1) is 0 Å². The number of anilines is 2. The summed E-state index contributed by atoms with van der Waals surface area (Å²) < 4.78 is 109. The van der Waals surface area contributed by atoms with E-state index in [1.165, 1.54) is 0 Å². The first-order valence-corrected chi connectivity index (χ1v) is 6.26. The van der Waals surface area contributed by atoms with E-state index in [4.69, 9.17) is 5.73 Å². The van der Waals surface area contributed by atoms with Crippen molar-refractivity contribution in [3.05, 3.63) is 57.7 Å². The predicted octanol–water partition coefficient (Wildman–Crippen LogP) is 4.01. The van der Waals surface area contributed by atoms with Gasteiger partial charge < -0.3 is 11.1 Å². The molecule has 0 bridgehead atoms. The Hall–Kier alpha value is -2.52. The first kappa shape index (κ1) is 17.8. The molecule has 10 heteroatoms. The summed E-state index contributed by atoms with van der Waals surface area (Å²) >= 11 is 0. The van der Waals surface area contributed by atoms with Gasteiger partial charge in [0.25, 0.3) is 0 Å². The molecule has 2 nitrogen and oxygen atoms in total. The molecule has 24 heavy (non-hydrogen) atoms. The van der Waals surface area contributed by atoms with Crippen LogP contribution in [0.25, 0.3) is 0 Å². The van der Waals surface area contributed by atoms with Crippen LogP contribution in [-0.4, -0.2) is 7.05 Å². The Balaban J connectivity index is 2.71. The highest BCUT2D eigenvalue weighted by Crippen LogP contribution is 2.32. The zero-order chi connectivity index (χ0) is 18.3. The Labute approximate surface area is 129 Å². The second-order valence-electron chi connectivity index (χ2n) is 4.68. The molecule has 0 aliphatic heterocycles. The Kier molecular flexibility index (Phi) is 4.59. The molecule has 0 aliphatic carbocycles. The lowest BCUT2D eigenvalue weighted by molar-refractivity contribution is 0.432. The zero-order valence-electron chi connectivity index (χ0n) is 11.8. The maximum Gasteiger partial charge on any atom is 0.185 e. The van der Waals surface area contributed by atoms with Crippen molar-refractivity contribution < 1.29 is 35.1 Å². The number of halogens is 8. The maximum absolute atomic E-state index is 13.8. The van der Waals surface area contributed by atoms with Crippen molar-refractivity contribution in [2.24, 2.45) is 0 Å². The normalized spacial score (nSPS) is 11.0. The third-order valence-electron chi connectivity index (χ3n) is 3.35. The summed E-state index contributed by atoms with van der Waals surface area (Å²) in [6.07, 6.45) is -1.48. The van der Waals surface area contributed by atoms with Crippen molar-refractivity contribution >= 4 is 11.4 Å². The average molecular weight is 356 g/mol. The molecule has 0 unspecified atom stereocenters. The Morgan fingerprint density at radius 2 is 0.958 bits per heavy atom. The van der Waals surface area contributed by atoms with Gasteiger partial charge in [-0.2, -0.15) is 0 Å². The minimum absolute atomic E-state index is 0.976. The van der Waals surface area contributed by atoms with Crippen LogP contribution in [0, 0.1) is 46.5 Å². The van der Waals surface area contributed by atoms with Crippen molar-refractivity contribution in [2.45, 2.75) is 6.42 Å². The molecular formula is C14H8F8N2. The van der Waals surface area contributed by atoms with E-state index in [2.05, 4.69) is 0 Å². The summed E-state index contributed by atoms with van der Waals surface area (Å²) in [5, 5.41) is 1.87. The number of benzene rings is 2. The fourth-order valence-corrected chi connectivity index (χ4v) is 2.08. The van der Waals surface area contributed by atoms with Gasteiger partial charge >= 0.3 is 0 Å². The molecule has 2 rings (SSSR count). The molecule has 0 radical (unpaired) electrons. The van der Waals surface area contributed by atoms with Crippen LogP contribution < -0.4 is 11.1 Å². The molecule has 2 aromatic rings. The summed E-state index contributed by atoms with van der Waals surface area (Å²) in [4.78, 5) is 0. The molecule has 0 fully saturated rings. The number of nitrogens with two attached hydrogens (primary N) is 1. The van der Waals surface area contributed by atoms with Gasteiger partial charge in [0.1, 0.15) is 11.4 Å². The molecule has 0 atom stereocenters. The molecule has 0 aromatic heterocycles. The zero-order valence-corrected chi connectivity index (χ0v) is 11.8. The van der Waals surface area contributed by atoms with Crippen LogP contribution in [0.2, 0.25) is 0 Å².